The maximum Gasteiger partial charge on any atom is 0.164 e. The van der Waals surface area contributed by atoms with Crippen molar-refractivity contribution in [3.05, 3.63) is 235 Å². The summed E-state index contributed by atoms with van der Waals surface area (Å²) in [5.41, 5.74) is 17.5. The van der Waals surface area contributed by atoms with Gasteiger partial charge in [-0.2, -0.15) is 0 Å². The van der Waals surface area contributed by atoms with Gasteiger partial charge in [0.1, 0.15) is 0 Å². The van der Waals surface area contributed by atoms with E-state index in [0.717, 1.165) is 27.8 Å². The van der Waals surface area contributed by atoms with Crippen molar-refractivity contribution >= 4 is 31.5 Å². The summed E-state index contributed by atoms with van der Waals surface area (Å²) in [6.07, 6.45) is 0. The molecule has 4 heteroatoms. The molecule has 0 saturated heterocycles. The molecule has 0 unspecified atom stereocenters. The minimum absolute atomic E-state index is 0.456. The van der Waals surface area contributed by atoms with E-state index in [1.54, 1.807) is 0 Å². The van der Waals surface area contributed by atoms with Crippen molar-refractivity contribution in [3.8, 4) is 78.7 Å². The first-order valence-corrected chi connectivity index (χ1v) is 21.9. The highest BCUT2D eigenvalue weighted by Gasteiger charge is 2.52. The number of thiophene rings is 1. The Morgan fingerprint density at radius 1 is 0.290 bits per heavy atom. The molecule has 0 radical (unpaired) electrons. The van der Waals surface area contributed by atoms with Crippen molar-refractivity contribution in [3.63, 3.8) is 0 Å². The highest BCUT2D eigenvalue weighted by atomic mass is 32.1. The van der Waals surface area contributed by atoms with Crippen molar-refractivity contribution in [2.24, 2.45) is 0 Å². The van der Waals surface area contributed by atoms with Gasteiger partial charge in [0.05, 0.1) is 5.41 Å². The van der Waals surface area contributed by atoms with Gasteiger partial charge in [-0.15, -0.1) is 11.3 Å². The molecule has 2 heterocycles. The van der Waals surface area contributed by atoms with Gasteiger partial charge in [0.2, 0.25) is 0 Å². The number of hydrogen-bond donors (Lipinski definition) is 0. The Morgan fingerprint density at radius 3 is 1.47 bits per heavy atom. The first-order valence-electron chi connectivity index (χ1n) is 21.1. The number of hydrogen-bond acceptors (Lipinski definition) is 4. The van der Waals surface area contributed by atoms with E-state index in [0.29, 0.717) is 17.5 Å². The van der Waals surface area contributed by atoms with E-state index in [1.165, 1.54) is 75.8 Å². The Bertz CT molecular complexity index is 3520. The maximum atomic E-state index is 5.22. The topological polar surface area (TPSA) is 38.7 Å². The van der Waals surface area contributed by atoms with E-state index in [2.05, 4.69) is 194 Å². The van der Waals surface area contributed by atoms with Gasteiger partial charge in [-0.1, -0.05) is 194 Å². The van der Waals surface area contributed by atoms with Crippen LogP contribution in [0.1, 0.15) is 22.3 Å². The van der Waals surface area contributed by atoms with Crippen LogP contribution in [-0.2, 0) is 5.41 Å². The SMILES string of the molecule is c1ccc(-c2nc(-c3ccc(-c4ccc5c(c4)sc4ccccc45)cc3)nc(-c3cccc(-c4cccc5c4C4(c6ccccc6-c6ccccc64)c4ccccc4-5)c3)n2)cc1. The molecule has 9 aromatic carbocycles. The lowest BCUT2D eigenvalue weighted by Gasteiger charge is -2.32. The quantitative estimate of drug-likeness (QED) is 0.174. The fourth-order valence-electron chi connectivity index (χ4n) is 10.3. The highest BCUT2D eigenvalue weighted by Crippen LogP contribution is 2.64. The average Bonchev–Trinajstić information content (AvgIpc) is 3.98. The van der Waals surface area contributed by atoms with E-state index in [-0.39, 0.29) is 0 Å². The summed E-state index contributed by atoms with van der Waals surface area (Å²) in [5, 5.41) is 2.61. The van der Waals surface area contributed by atoms with Crippen LogP contribution in [0.4, 0.5) is 0 Å². The molecule has 0 atom stereocenters. The van der Waals surface area contributed by atoms with Crippen LogP contribution in [0.15, 0.2) is 212 Å². The normalized spacial score (nSPS) is 13.0. The van der Waals surface area contributed by atoms with Crippen molar-refractivity contribution < 1.29 is 0 Å². The van der Waals surface area contributed by atoms with Gasteiger partial charge in [-0.25, -0.2) is 15.0 Å². The van der Waals surface area contributed by atoms with Gasteiger partial charge >= 0.3 is 0 Å². The Labute approximate surface area is 363 Å². The molecule has 0 aliphatic heterocycles. The molecule has 11 aromatic rings. The fraction of sp³-hybridized carbons (Fsp3) is 0.0172. The summed E-state index contributed by atoms with van der Waals surface area (Å²) in [6, 6.07) is 76.8. The largest absolute Gasteiger partial charge is 0.208 e. The van der Waals surface area contributed by atoms with Crippen LogP contribution in [0.3, 0.4) is 0 Å². The monoisotopic (exact) mass is 805 g/mol. The van der Waals surface area contributed by atoms with E-state index in [1.807, 2.05) is 29.5 Å². The zero-order valence-corrected chi connectivity index (χ0v) is 34.3. The lowest BCUT2D eigenvalue weighted by molar-refractivity contribution is 0.796. The maximum absolute atomic E-state index is 5.22. The highest BCUT2D eigenvalue weighted by molar-refractivity contribution is 7.25. The molecule has 1 spiro atoms. The predicted molar refractivity (Wildman–Crippen MR) is 256 cm³/mol. The lowest BCUT2D eigenvalue weighted by atomic mass is 9.68. The zero-order valence-electron chi connectivity index (χ0n) is 33.5. The molecule has 0 N–H and O–H groups in total. The number of benzene rings is 9. The smallest absolute Gasteiger partial charge is 0.164 e. The van der Waals surface area contributed by atoms with Crippen molar-refractivity contribution in [1.29, 1.82) is 0 Å². The molecule has 13 rings (SSSR count). The first-order chi connectivity index (χ1) is 30.7. The Kier molecular flexibility index (Phi) is 7.69. The van der Waals surface area contributed by atoms with Crippen LogP contribution >= 0.6 is 11.3 Å². The Hall–Kier alpha value is -7.79. The summed E-state index contributed by atoms with van der Waals surface area (Å²) in [6.45, 7) is 0. The molecule has 2 aliphatic rings. The second-order valence-corrected chi connectivity index (χ2v) is 17.3. The van der Waals surface area contributed by atoms with Gasteiger partial charge in [0.25, 0.3) is 0 Å². The number of nitrogens with zero attached hydrogens (tertiary/aromatic N) is 3. The van der Waals surface area contributed by atoms with Crippen molar-refractivity contribution in [2.75, 3.05) is 0 Å². The molecule has 62 heavy (non-hydrogen) atoms. The number of rotatable bonds is 5. The number of fused-ring (bicyclic) bond motifs is 13. The molecule has 2 aromatic heterocycles. The van der Waals surface area contributed by atoms with E-state index < -0.39 is 5.41 Å². The van der Waals surface area contributed by atoms with E-state index >= 15 is 0 Å². The third kappa shape index (κ3) is 5.14. The molecular formula is C58H35N3S. The molecule has 2 aliphatic carbocycles. The van der Waals surface area contributed by atoms with Gasteiger partial charge in [0, 0.05) is 36.9 Å². The van der Waals surface area contributed by atoms with Gasteiger partial charge in [-0.05, 0) is 85.0 Å². The number of aromatic nitrogens is 3. The summed E-state index contributed by atoms with van der Waals surface area (Å²) in [5.74, 6) is 1.92. The van der Waals surface area contributed by atoms with Gasteiger partial charge in [0.15, 0.2) is 17.5 Å². The van der Waals surface area contributed by atoms with Crippen LogP contribution in [0.5, 0.6) is 0 Å². The Balaban J connectivity index is 0.944. The molecule has 0 fully saturated rings. The third-order valence-electron chi connectivity index (χ3n) is 13.0. The van der Waals surface area contributed by atoms with E-state index in [4.69, 9.17) is 15.0 Å². The summed E-state index contributed by atoms with van der Waals surface area (Å²) in [4.78, 5) is 15.5. The van der Waals surface area contributed by atoms with Gasteiger partial charge < -0.3 is 0 Å². The summed E-state index contributed by atoms with van der Waals surface area (Å²) >= 11 is 1.84. The molecule has 288 valence electrons. The summed E-state index contributed by atoms with van der Waals surface area (Å²) in [7, 11) is 0. The fourth-order valence-corrected chi connectivity index (χ4v) is 11.4. The minimum Gasteiger partial charge on any atom is -0.208 e. The molecular weight excluding hydrogens is 771 g/mol. The predicted octanol–water partition coefficient (Wildman–Crippen LogP) is 14.9. The standard InChI is InChI=1S/C58H35N3S/c1-2-14-37(15-3-1)55-59-56(38-30-28-36(29-31-38)39-32-33-47-46-21-7-11-27-52(46)62-53(47)35-39)61-57(60-55)41-17-12-16-40(34-41)42-22-13-23-48-45-20-6-10-26-51(45)58(54(42)48)49-24-8-4-18-43(49)44-19-5-9-25-50(44)58/h1-35H. The van der Waals surface area contributed by atoms with Crippen molar-refractivity contribution in [1.82, 2.24) is 15.0 Å². The first kappa shape index (κ1) is 35.0. The second kappa shape index (κ2) is 13.6. The minimum atomic E-state index is -0.456. The third-order valence-corrected chi connectivity index (χ3v) is 14.1. The van der Waals surface area contributed by atoms with E-state index in [9.17, 15) is 0 Å². The lowest BCUT2D eigenvalue weighted by Crippen LogP contribution is -2.26. The van der Waals surface area contributed by atoms with Crippen LogP contribution in [0.25, 0.3) is 98.8 Å². The van der Waals surface area contributed by atoms with Crippen LogP contribution in [0.2, 0.25) is 0 Å². The zero-order chi connectivity index (χ0) is 40.8. The molecule has 0 saturated carbocycles. The Morgan fingerprint density at radius 2 is 0.758 bits per heavy atom. The molecule has 0 bridgehead atoms. The van der Waals surface area contributed by atoms with Crippen LogP contribution in [0, 0.1) is 0 Å². The van der Waals surface area contributed by atoms with Crippen molar-refractivity contribution in [2.45, 2.75) is 5.41 Å². The summed E-state index contributed by atoms with van der Waals surface area (Å²) < 4.78 is 2.61. The van der Waals surface area contributed by atoms with Gasteiger partial charge in [-0.3, -0.25) is 0 Å². The van der Waals surface area contributed by atoms with Crippen LogP contribution in [-0.4, -0.2) is 15.0 Å². The second-order valence-electron chi connectivity index (χ2n) is 16.3. The van der Waals surface area contributed by atoms with Crippen LogP contribution < -0.4 is 0 Å². The average molecular weight is 806 g/mol. The molecule has 3 nitrogen and oxygen atoms in total. The molecule has 0 amide bonds.